The highest BCUT2D eigenvalue weighted by Gasteiger charge is 2.05. The second-order valence-corrected chi connectivity index (χ2v) is 5.83. The lowest BCUT2D eigenvalue weighted by Crippen LogP contribution is -2.17. The molecule has 1 N–H and O–H groups in total. The molecule has 2 rings (SSSR count). The molecule has 19 heavy (non-hydrogen) atoms. The Hall–Kier alpha value is -1.06. The predicted molar refractivity (Wildman–Crippen MR) is 84.1 cm³/mol. The van der Waals surface area contributed by atoms with E-state index >= 15 is 0 Å². The van der Waals surface area contributed by atoms with E-state index in [9.17, 15) is 0 Å². The van der Waals surface area contributed by atoms with Crippen LogP contribution in [0.4, 0.5) is 0 Å². The molecular formula is C16H21BrN2. The molecule has 1 aromatic carbocycles. The van der Waals surface area contributed by atoms with Gasteiger partial charge in [0.25, 0.3) is 0 Å². The number of hydrogen-bond donors (Lipinski definition) is 1. The summed E-state index contributed by atoms with van der Waals surface area (Å²) in [6.45, 7) is 6.41. The van der Waals surface area contributed by atoms with Crippen LogP contribution in [0.1, 0.15) is 37.4 Å². The summed E-state index contributed by atoms with van der Waals surface area (Å²) in [5.74, 6) is 0. The fourth-order valence-electron chi connectivity index (χ4n) is 2.13. The first-order valence-electron chi connectivity index (χ1n) is 6.82. The molecule has 1 heterocycles. The Bertz CT molecular complexity index is 502. The second-order valence-electron chi connectivity index (χ2n) is 4.91. The van der Waals surface area contributed by atoms with Crippen LogP contribution in [0.2, 0.25) is 0 Å². The van der Waals surface area contributed by atoms with Crippen LogP contribution in [0.5, 0.6) is 0 Å². The summed E-state index contributed by atoms with van der Waals surface area (Å²) in [4.78, 5) is 0. The van der Waals surface area contributed by atoms with Gasteiger partial charge in [-0.15, -0.1) is 0 Å². The van der Waals surface area contributed by atoms with E-state index in [0.29, 0.717) is 6.04 Å². The van der Waals surface area contributed by atoms with Gasteiger partial charge in [0.15, 0.2) is 0 Å². The van der Waals surface area contributed by atoms with Crippen molar-refractivity contribution in [3.05, 3.63) is 58.3 Å². The number of hydrogen-bond acceptors (Lipinski definition) is 1. The number of nitrogens with zero attached hydrogens (tertiary/aromatic N) is 1. The molecule has 0 aliphatic heterocycles. The van der Waals surface area contributed by atoms with Crippen LogP contribution in [0.15, 0.2) is 47.2 Å². The average Bonchev–Trinajstić information content (AvgIpc) is 2.85. The second kappa shape index (κ2) is 6.92. The quantitative estimate of drug-likeness (QED) is 0.828. The molecule has 0 radical (unpaired) electrons. The molecule has 0 saturated heterocycles. The summed E-state index contributed by atoms with van der Waals surface area (Å²) in [7, 11) is 0. The third-order valence-electron chi connectivity index (χ3n) is 3.28. The molecule has 0 bridgehead atoms. The normalized spacial score (nSPS) is 12.6. The van der Waals surface area contributed by atoms with Crippen molar-refractivity contribution in [1.82, 2.24) is 9.88 Å². The predicted octanol–water partition coefficient (Wildman–Crippen LogP) is 4.51. The van der Waals surface area contributed by atoms with Crippen LogP contribution in [-0.2, 0) is 13.1 Å². The monoisotopic (exact) mass is 320 g/mol. The maximum Gasteiger partial charge on any atom is 0.0294 e. The first-order valence-corrected chi connectivity index (χ1v) is 7.62. The van der Waals surface area contributed by atoms with E-state index in [-0.39, 0.29) is 0 Å². The molecular weight excluding hydrogens is 300 g/mol. The molecule has 0 spiro atoms. The fraction of sp³-hybridized carbons (Fsp3) is 0.375. The Kier molecular flexibility index (Phi) is 5.23. The van der Waals surface area contributed by atoms with Crippen molar-refractivity contribution >= 4 is 15.9 Å². The number of rotatable bonds is 6. The highest BCUT2D eigenvalue weighted by Crippen LogP contribution is 2.17. The summed E-state index contributed by atoms with van der Waals surface area (Å²) < 4.78 is 3.38. The maximum atomic E-state index is 3.56. The van der Waals surface area contributed by atoms with Gasteiger partial charge in [-0.3, -0.25) is 0 Å². The topological polar surface area (TPSA) is 17.0 Å². The van der Waals surface area contributed by atoms with Crippen molar-refractivity contribution in [2.24, 2.45) is 0 Å². The van der Waals surface area contributed by atoms with Gasteiger partial charge in [-0.25, -0.2) is 0 Å². The summed E-state index contributed by atoms with van der Waals surface area (Å²) in [6, 6.07) is 11.0. The smallest absolute Gasteiger partial charge is 0.0294 e. The van der Waals surface area contributed by atoms with Crippen molar-refractivity contribution in [1.29, 1.82) is 0 Å². The molecule has 0 fully saturated rings. The highest BCUT2D eigenvalue weighted by molar-refractivity contribution is 9.10. The number of aromatic nitrogens is 1. The average molecular weight is 321 g/mol. The van der Waals surface area contributed by atoms with E-state index < -0.39 is 0 Å². The minimum atomic E-state index is 0.364. The zero-order valence-electron chi connectivity index (χ0n) is 11.6. The van der Waals surface area contributed by atoms with Crippen LogP contribution < -0.4 is 5.32 Å². The third kappa shape index (κ3) is 4.22. The molecule has 2 nitrogen and oxygen atoms in total. The van der Waals surface area contributed by atoms with Gasteiger partial charge in [0.2, 0.25) is 0 Å². The van der Waals surface area contributed by atoms with E-state index in [4.69, 9.17) is 0 Å². The standard InChI is InChI=1S/C16H21BrN2/c1-3-9-19-10-8-14(12-19)11-18-13(2)15-4-6-16(17)7-5-15/h4-8,10,12-13,18H,3,9,11H2,1-2H3/t13-/m1/s1. The Morgan fingerprint density at radius 2 is 1.95 bits per heavy atom. The Labute approximate surface area is 124 Å². The highest BCUT2D eigenvalue weighted by atomic mass is 79.9. The Morgan fingerprint density at radius 1 is 1.21 bits per heavy atom. The number of benzene rings is 1. The van der Waals surface area contributed by atoms with Gasteiger partial charge in [-0.1, -0.05) is 35.0 Å². The largest absolute Gasteiger partial charge is 0.354 e. The van der Waals surface area contributed by atoms with Gasteiger partial charge in [-0.2, -0.15) is 0 Å². The lowest BCUT2D eigenvalue weighted by molar-refractivity contribution is 0.573. The fourth-order valence-corrected chi connectivity index (χ4v) is 2.40. The van der Waals surface area contributed by atoms with Crippen LogP contribution >= 0.6 is 15.9 Å². The number of halogens is 1. The first-order chi connectivity index (χ1) is 9.19. The van der Waals surface area contributed by atoms with E-state index in [2.05, 4.69) is 82.4 Å². The van der Waals surface area contributed by atoms with Crippen molar-refractivity contribution in [3.8, 4) is 0 Å². The molecule has 1 atom stereocenters. The number of nitrogens with one attached hydrogen (secondary N) is 1. The zero-order valence-corrected chi connectivity index (χ0v) is 13.2. The van der Waals surface area contributed by atoms with Crippen LogP contribution in [0, 0.1) is 0 Å². The zero-order chi connectivity index (χ0) is 13.7. The molecule has 0 aliphatic carbocycles. The van der Waals surface area contributed by atoms with Crippen LogP contribution in [0.25, 0.3) is 0 Å². The van der Waals surface area contributed by atoms with Gasteiger partial charge in [0, 0.05) is 36.0 Å². The third-order valence-corrected chi connectivity index (χ3v) is 3.80. The van der Waals surface area contributed by atoms with E-state index in [1.165, 1.54) is 17.5 Å². The molecule has 3 heteroatoms. The van der Waals surface area contributed by atoms with Gasteiger partial charge in [0.05, 0.1) is 0 Å². The molecule has 0 aliphatic rings. The van der Waals surface area contributed by atoms with Crippen LogP contribution in [-0.4, -0.2) is 4.57 Å². The summed E-state index contributed by atoms with van der Waals surface area (Å²) in [6.07, 6.45) is 5.56. The van der Waals surface area contributed by atoms with Gasteiger partial charge in [0.1, 0.15) is 0 Å². The van der Waals surface area contributed by atoms with Gasteiger partial charge >= 0.3 is 0 Å². The van der Waals surface area contributed by atoms with Crippen molar-refractivity contribution < 1.29 is 0 Å². The summed E-state index contributed by atoms with van der Waals surface area (Å²) in [5, 5.41) is 3.56. The van der Waals surface area contributed by atoms with E-state index in [1.54, 1.807) is 0 Å². The van der Waals surface area contributed by atoms with Crippen LogP contribution in [0.3, 0.4) is 0 Å². The summed E-state index contributed by atoms with van der Waals surface area (Å²) in [5.41, 5.74) is 2.66. The Morgan fingerprint density at radius 3 is 2.63 bits per heavy atom. The number of aryl methyl sites for hydroxylation is 1. The van der Waals surface area contributed by atoms with Gasteiger partial charge in [-0.05, 0) is 42.7 Å². The molecule has 2 aromatic rings. The lowest BCUT2D eigenvalue weighted by atomic mass is 10.1. The first kappa shape index (κ1) is 14.4. The minimum Gasteiger partial charge on any atom is -0.354 e. The molecule has 0 unspecified atom stereocenters. The van der Waals surface area contributed by atoms with Crippen molar-refractivity contribution in [3.63, 3.8) is 0 Å². The van der Waals surface area contributed by atoms with E-state index in [0.717, 1.165) is 17.6 Å². The SMILES string of the molecule is CCCn1ccc(CN[C@H](C)c2ccc(Br)cc2)c1. The van der Waals surface area contributed by atoms with Crippen molar-refractivity contribution in [2.75, 3.05) is 0 Å². The molecule has 0 amide bonds. The molecule has 102 valence electrons. The Balaban J connectivity index is 1.88. The molecule has 0 saturated carbocycles. The summed E-state index contributed by atoms with van der Waals surface area (Å²) >= 11 is 3.46. The maximum absolute atomic E-state index is 3.56. The van der Waals surface area contributed by atoms with Crippen molar-refractivity contribution in [2.45, 2.75) is 39.4 Å². The minimum absolute atomic E-state index is 0.364. The van der Waals surface area contributed by atoms with Gasteiger partial charge < -0.3 is 9.88 Å². The van der Waals surface area contributed by atoms with E-state index in [1.807, 2.05) is 0 Å². The lowest BCUT2D eigenvalue weighted by Gasteiger charge is -2.13. The molecule has 1 aromatic heterocycles.